The number of aromatic nitrogens is 2. The van der Waals surface area contributed by atoms with Gasteiger partial charge in [0.2, 0.25) is 17.7 Å². The summed E-state index contributed by atoms with van der Waals surface area (Å²) in [6.07, 6.45) is 2.89. The molecule has 4 heterocycles. The number of nitrogens with one attached hydrogen (secondary N) is 2. The molecule has 0 aliphatic carbocycles. The number of β-amino-alcohol motifs (C(OH)–C–C–N with tert-alkyl or cyclic N) is 1. The van der Waals surface area contributed by atoms with Crippen molar-refractivity contribution >= 4 is 74.0 Å². The predicted octanol–water partition coefficient (Wildman–Crippen LogP) is 3.93. The van der Waals surface area contributed by atoms with Gasteiger partial charge in [-0.1, -0.05) is 6.07 Å². The van der Waals surface area contributed by atoms with Crippen molar-refractivity contribution in [2.75, 3.05) is 43.1 Å². The Morgan fingerprint density at radius 3 is 2.78 bits per heavy atom. The summed E-state index contributed by atoms with van der Waals surface area (Å²) in [5, 5.41) is 26.4. The fraction of sp³-hybridized carbons (Fsp3) is 0.321. The third kappa shape index (κ3) is 6.70. The number of methoxy groups -OCH3 is 1. The zero-order chi connectivity index (χ0) is 29.1. The van der Waals surface area contributed by atoms with Gasteiger partial charge in [-0.15, -0.1) is 11.8 Å². The summed E-state index contributed by atoms with van der Waals surface area (Å²) in [5.74, 6) is -0.359. The van der Waals surface area contributed by atoms with Crippen LogP contribution in [0.4, 0.5) is 11.5 Å². The zero-order valence-electron chi connectivity index (χ0n) is 22.1. The van der Waals surface area contributed by atoms with Gasteiger partial charge in [-0.25, -0.2) is 14.8 Å². The lowest BCUT2D eigenvalue weighted by molar-refractivity contribution is -0.131. The molecule has 0 bridgehead atoms. The third-order valence-electron chi connectivity index (χ3n) is 7.03. The lowest BCUT2D eigenvalue weighted by Gasteiger charge is -2.32. The van der Waals surface area contributed by atoms with Crippen LogP contribution in [0, 0.1) is 5.92 Å². The number of nitrogens with zero attached hydrogens (tertiary/aromatic N) is 3. The number of halogens is 1. The molecule has 1 fully saturated rings. The van der Waals surface area contributed by atoms with Crippen molar-refractivity contribution in [3.05, 3.63) is 52.1 Å². The summed E-state index contributed by atoms with van der Waals surface area (Å²) >= 11 is 4.91. The van der Waals surface area contributed by atoms with E-state index >= 15 is 0 Å². The third-order valence-corrected chi connectivity index (χ3v) is 8.69. The maximum absolute atomic E-state index is 13.2. The van der Waals surface area contributed by atoms with E-state index in [-0.39, 0.29) is 17.7 Å². The predicted molar refractivity (Wildman–Crippen MR) is 159 cm³/mol. The highest BCUT2D eigenvalue weighted by molar-refractivity contribution is 9.10. The zero-order valence-corrected chi connectivity index (χ0v) is 24.5. The molecule has 2 aliphatic heterocycles. The maximum atomic E-state index is 13.2. The number of likely N-dealkylation sites (tertiary alicyclic amines) is 1. The molecule has 5 rings (SSSR count). The number of rotatable bonds is 8. The Hall–Kier alpha value is -3.52. The normalized spacial score (nSPS) is 16.8. The number of thioether (sulfide) groups is 1. The van der Waals surface area contributed by atoms with E-state index in [9.17, 15) is 19.5 Å². The van der Waals surface area contributed by atoms with Gasteiger partial charge < -0.3 is 30.5 Å². The van der Waals surface area contributed by atoms with Crippen LogP contribution in [0.5, 0.6) is 5.88 Å². The average molecular weight is 643 g/mol. The molecular formula is C28H28BrN5O6S. The first kappa shape index (κ1) is 29.0. The monoisotopic (exact) mass is 641 g/mol. The van der Waals surface area contributed by atoms with E-state index in [1.165, 1.54) is 24.9 Å². The molecule has 1 atom stereocenters. The molecule has 0 spiro atoms. The highest BCUT2D eigenvalue weighted by Crippen LogP contribution is 2.36. The van der Waals surface area contributed by atoms with Crippen molar-refractivity contribution < 1.29 is 29.3 Å². The first-order chi connectivity index (χ1) is 19.7. The number of fused-ring (bicyclic) bond motifs is 2. The van der Waals surface area contributed by atoms with Crippen molar-refractivity contribution in [3.63, 3.8) is 0 Å². The number of aliphatic hydroxyl groups is 1. The second-order valence-corrected chi connectivity index (χ2v) is 11.6. The minimum absolute atomic E-state index is 0.119. The average Bonchev–Trinajstić information content (AvgIpc) is 2.96. The Morgan fingerprint density at radius 1 is 1.27 bits per heavy atom. The van der Waals surface area contributed by atoms with Crippen LogP contribution in [-0.2, 0) is 14.4 Å². The number of hydrogen-bond acceptors (Lipinski definition) is 9. The Bertz CT molecular complexity index is 1540. The van der Waals surface area contributed by atoms with Crippen LogP contribution in [0.15, 0.2) is 45.8 Å². The van der Waals surface area contributed by atoms with E-state index in [0.717, 1.165) is 11.0 Å². The first-order valence-electron chi connectivity index (χ1n) is 12.9. The quantitative estimate of drug-likeness (QED) is 0.266. The summed E-state index contributed by atoms with van der Waals surface area (Å²) in [6.45, 7) is 1.59. The largest absolute Gasteiger partial charge is 0.481 e. The molecule has 2 aliphatic rings. The van der Waals surface area contributed by atoms with Crippen LogP contribution in [-0.4, -0.2) is 75.4 Å². The van der Waals surface area contributed by atoms with Gasteiger partial charge in [0.15, 0.2) is 0 Å². The van der Waals surface area contributed by atoms with Crippen LogP contribution in [0.1, 0.15) is 30.2 Å². The van der Waals surface area contributed by atoms with E-state index in [1.807, 2.05) is 6.07 Å². The number of amides is 2. The van der Waals surface area contributed by atoms with E-state index in [1.54, 1.807) is 24.3 Å². The molecule has 1 aromatic carbocycles. The molecule has 2 aromatic heterocycles. The Morgan fingerprint density at radius 2 is 2.05 bits per heavy atom. The lowest BCUT2D eigenvalue weighted by atomic mass is 9.95. The van der Waals surface area contributed by atoms with Gasteiger partial charge in [0.05, 0.1) is 34.7 Å². The molecular weight excluding hydrogens is 614 g/mol. The number of pyridine rings is 2. The number of carbonyl (C=O) groups is 3. The topological polar surface area (TPSA) is 154 Å². The van der Waals surface area contributed by atoms with Gasteiger partial charge in [-0.2, -0.15) is 0 Å². The SMILES string of the molecule is COc1ccc2c(/C=C/C(=O)O)ccc(NC(=O)C3CCN(CC(O)c4nc5c(cc4Br)SCC(=O)N5)CC3)c2n1. The molecule has 214 valence electrons. The van der Waals surface area contributed by atoms with Crippen molar-refractivity contribution in [2.24, 2.45) is 5.92 Å². The van der Waals surface area contributed by atoms with Crippen molar-refractivity contribution in [2.45, 2.75) is 23.8 Å². The van der Waals surface area contributed by atoms with Gasteiger partial charge in [0, 0.05) is 34.5 Å². The number of piperidine rings is 1. The number of carboxylic acid groups (broad SMARTS) is 1. The summed E-state index contributed by atoms with van der Waals surface area (Å²) in [5.41, 5.74) is 2.14. The molecule has 1 saturated heterocycles. The summed E-state index contributed by atoms with van der Waals surface area (Å²) in [7, 11) is 1.50. The van der Waals surface area contributed by atoms with E-state index in [2.05, 4.69) is 41.4 Å². The lowest BCUT2D eigenvalue weighted by Crippen LogP contribution is -2.40. The smallest absolute Gasteiger partial charge is 0.328 e. The Labute approximate surface area is 248 Å². The first-order valence-corrected chi connectivity index (χ1v) is 14.7. The van der Waals surface area contributed by atoms with E-state index < -0.39 is 12.1 Å². The van der Waals surface area contributed by atoms with Crippen LogP contribution in [0.25, 0.3) is 17.0 Å². The summed E-state index contributed by atoms with van der Waals surface area (Å²) < 4.78 is 5.95. The molecule has 1 unspecified atom stereocenters. The van der Waals surface area contributed by atoms with Crippen LogP contribution >= 0.6 is 27.7 Å². The van der Waals surface area contributed by atoms with Gasteiger partial charge in [-0.3, -0.25) is 9.59 Å². The van der Waals surface area contributed by atoms with Crippen LogP contribution in [0.2, 0.25) is 0 Å². The minimum atomic E-state index is -1.06. The highest BCUT2D eigenvalue weighted by Gasteiger charge is 2.28. The standard InChI is InChI=1S/C28H28BrN5O6S/c1-40-23-6-4-17-15(3-7-24(37)38)2-5-19(25(17)32-23)30-28(39)16-8-10-34(11-9-16)13-20(35)26-18(29)12-21-27(33-26)31-22(36)14-41-21/h2-7,12,16,20,35H,8-11,13-14H2,1H3,(H,30,39)(H,37,38)(H,31,33,36)/b7-3+. The second kappa shape index (κ2) is 12.6. The Kier molecular flexibility index (Phi) is 8.88. The molecule has 3 aromatic rings. The maximum Gasteiger partial charge on any atom is 0.328 e. The van der Waals surface area contributed by atoms with Gasteiger partial charge >= 0.3 is 5.97 Å². The molecule has 11 nitrogen and oxygen atoms in total. The molecule has 41 heavy (non-hydrogen) atoms. The number of carbonyl (C=O) groups excluding carboxylic acids is 2. The van der Waals surface area contributed by atoms with Gasteiger partial charge in [-0.05, 0) is 71.7 Å². The molecule has 0 radical (unpaired) electrons. The van der Waals surface area contributed by atoms with E-state index in [4.69, 9.17) is 9.84 Å². The number of benzene rings is 1. The summed E-state index contributed by atoms with van der Waals surface area (Å²) in [4.78, 5) is 47.9. The number of aliphatic carboxylic acids is 1. The Balaban J connectivity index is 1.23. The molecule has 2 amide bonds. The van der Waals surface area contributed by atoms with Crippen molar-refractivity contribution in [1.82, 2.24) is 14.9 Å². The van der Waals surface area contributed by atoms with E-state index in [0.29, 0.717) is 82.2 Å². The van der Waals surface area contributed by atoms with Crippen LogP contribution < -0.4 is 15.4 Å². The summed E-state index contributed by atoms with van der Waals surface area (Å²) in [6, 6.07) is 8.79. The van der Waals surface area contributed by atoms with Gasteiger partial charge in [0.25, 0.3) is 0 Å². The molecule has 4 N–H and O–H groups in total. The fourth-order valence-corrected chi connectivity index (χ4v) is 6.44. The second-order valence-electron chi connectivity index (χ2n) is 9.74. The molecule has 0 saturated carbocycles. The number of hydrogen-bond donors (Lipinski definition) is 4. The number of anilines is 2. The fourth-order valence-electron chi connectivity index (χ4n) is 4.92. The number of carboxylic acids is 1. The van der Waals surface area contributed by atoms with Gasteiger partial charge in [0.1, 0.15) is 11.9 Å². The van der Waals surface area contributed by atoms with Crippen molar-refractivity contribution in [3.8, 4) is 5.88 Å². The number of aliphatic hydroxyl groups excluding tert-OH is 1. The highest BCUT2D eigenvalue weighted by atomic mass is 79.9. The number of ether oxygens (including phenoxy) is 1. The minimum Gasteiger partial charge on any atom is -0.481 e. The molecule has 13 heteroatoms. The van der Waals surface area contributed by atoms with Crippen LogP contribution in [0.3, 0.4) is 0 Å². The van der Waals surface area contributed by atoms with Crippen molar-refractivity contribution in [1.29, 1.82) is 0 Å².